The molecular weight excluding hydrogens is 419 g/mol. The lowest BCUT2D eigenvalue weighted by Crippen LogP contribution is -2.35. The third-order valence-electron chi connectivity index (χ3n) is 7.21. The number of nitrogens with zero attached hydrogens (tertiary/aromatic N) is 2. The Morgan fingerprint density at radius 2 is 2.07 bits per heavy atom. The normalized spacial score (nSPS) is 30.0. The van der Waals surface area contributed by atoms with Crippen molar-refractivity contribution in [2.45, 2.75) is 31.2 Å². The molecule has 6 rings (SSSR count). The van der Waals surface area contributed by atoms with Gasteiger partial charge in [-0.3, -0.25) is 5.10 Å². The van der Waals surface area contributed by atoms with E-state index in [1.54, 1.807) is 6.07 Å². The van der Waals surface area contributed by atoms with Gasteiger partial charge in [0.25, 0.3) is 0 Å². The molecule has 1 aliphatic heterocycles. The van der Waals surface area contributed by atoms with Gasteiger partial charge in [-0.25, -0.2) is 4.39 Å². The number of hydrogen-bond donors (Lipinski definition) is 2. The maximum absolute atomic E-state index is 13.9. The summed E-state index contributed by atoms with van der Waals surface area (Å²) in [7, 11) is 0. The van der Waals surface area contributed by atoms with Crippen LogP contribution in [0.3, 0.4) is 0 Å². The molecule has 4 nitrogen and oxygen atoms in total. The number of rotatable bonds is 1. The van der Waals surface area contributed by atoms with E-state index in [0.29, 0.717) is 23.7 Å². The van der Waals surface area contributed by atoms with Crippen LogP contribution in [-0.2, 0) is 0 Å². The van der Waals surface area contributed by atoms with E-state index in [0.717, 1.165) is 21.2 Å². The Bertz CT molecular complexity index is 1160. The van der Waals surface area contributed by atoms with Crippen molar-refractivity contribution in [3.05, 3.63) is 57.4 Å². The van der Waals surface area contributed by atoms with Gasteiger partial charge in [0, 0.05) is 9.86 Å². The van der Waals surface area contributed by atoms with Crippen LogP contribution in [0.25, 0.3) is 10.9 Å². The number of fused-ring (bicyclic) bond motifs is 9. The minimum absolute atomic E-state index is 0.0844. The Labute approximate surface area is 170 Å². The third kappa shape index (κ3) is 2.11. The molecule has 2 aliphatic carbocycles. The van der Waals surface area contributed by atoms with Gasteiger partial charge in [-0.05, 0) is 88.2 Å². The molecule has 2 N–H and O–H groups in total. The number of aromatic amines is 1. The zero-order valence-corrected chi connectivity index (χ0v) is 16.6. The van der Waals surface area contributed by atoms with Crippen molar-refractivity contribution in [3.63, 3.8) is 0 Å². The molecule has 28 heavy (non-hydrogen) atoms. The lowest BCUT2D eigenvalue weighted by Gasteiger charge is -2.44. The molecule has 2 heterocycles. The van der Waals surface area contributed by atoms with E-state index >= 15 is 0 Å². The van der Waals surface area contributed by atoms with Crippen molar-refractivity contribution in [1.82, 2.24) is 10.2 Å². The molecule has 2 fully saturated rings. The van der Waals surface area contributed by atoms with E-state index in [2.05, 4.69) is 37.5 Å². The molecule has 2 saturated carbocycles. The Hall–Kier alpha value is -2.39. The van der Waals surface area contributed by atoms with E-state index in [9.17, 15) is 9.65 Å². The van der Waals surface area contributed by atoms with Gasteiger partial charge < -0.3 is 5.32 Å². The van der Waals surface area contributed by atoms with E-state index in [4.69, 9.17) is 0 Å². The largest absolute Gasteiger partial charge is 0.377 e. The molecule has 3 aliphatic rings. The molecule has 0 saturated heterocycles. The lowest BCUT2D eigenvalue weighted by atomic mass is 9.67. The number of nitrogens with one attached hydrogen (secondary N) is 2. The van der Waals surface area contributed by atoms with Gasteiger partial charge in [0.2, 0.25) is 0 Å². The van der Waals surface area contributed by atoms with Crippen LogP contribution in [0.1, 0.15) is 47.9 Å². The Morgan fingerprint density at radius 3 is 2.93 bits per heavy atom. The Balaban J connectivity index is 1.57. The first-order chi connectivity index (χ1) is 13.7. The first-order valence-corrected chi connectivity index (χ1v) is 10.6. The average molecular weight is 437 g/mol. The Kier molecular flexibility index (Phi) is 3.43. The number of aromatic nitrogens is 2. The minimum atomic E-state index is -0.451. The van der Waals surface area contributed by atoms with E-state index in [1.807, 2.05) is 18.3 Å². The number of nitriles is 1. The van der Waals surface area contributed by atoms with E-state index < -0.39 is 5.82 Å². The van der Waals surface area contributed by atoms with Gasteiger partial charge in [-0.2, -0.15) is 10.4 Å². The molecule has 0 spiro atoms. The second-order valence-electron chi connectivity index (χ2n) is 8.39. The zero-order chi connectivity index (χ0) is 19.0. The fourth-order valence-corrected chi connectivity index (χ4v) is 6.76. The summed E-state index contributed by atoms with van der Waals surface area (Å²) in [5.74, 6) is 1.82. The van der Waals surface area contributed by atoms with Crippen LogP contribution < -0.4 is 5.32 Å². The fourth-order valence-electron chi connectivity index (χ4n) is 6.20. The smallest absolute Gasteiger partial charge is 0.140 e. The van der Waals surface area contributed by atoms with Crippen LogP contribution >= 0.6 is 15.9 Å². The molecular formula is C22H18BrFN4. The maximum Gasteiger partial charge on any atom is 0.140 e. The van der Waals surface area contributed by atoms with E-state index in [-0.39, 0.29) is 11.6 Å². The standard InChI is InChI=1S/C22H18BrFN4/c23-15-7-17-14(9-26-28-17)20-18-10-1-2-11(5-10)19(18)21(27-22(15)20)12-3-4-16(24)13(6-12)8-25/h3-4,6-7,9-11,18-19,21,27H,1-2,5H2,(H,26,28)/t10?,11?,18-,19+,21-/m0/s1. The van der Waals surface area contributed by atoms with Gasteiger partial charge in [0.15, 0.2) is 0 Å². The summed E-state index contributed by atoms with van der Waals surface area (Å²) < 4.78 is 15.0. The van der Waals surface area contributed by atoms with Crippen LogP contribution in [0, 0.1) is 34.9 Å². The van der Waals surface area contributed by atoms with Crippen LogP contribution in [0.5, 0.6) is 0 Å². The first kappa shape index (κ1) is 16.6. The lowest BCUT2D eigenvalue weighted by molar-refractivity contribution is 0.248. The van der Waals surface area contributed by atoms with Crippen molar-refractivity contribution in [2.24, 2.45) is 17.8 Å². The molecule has 3 aromatic rings. The predicted octanol–water partition coefficient (Wildman–Crippen LogP) is 5.63. The summed E-state index contributed by atoms with van der Waals surface area (Å²) in [6, 6.07) is 9.15. The maximum atomic E-state index is 13.9. The number of H-pyrrole nitrogens is 1. The molecule has 2 bridgehead atoms. The SMILES string of the molecule is N#Cc1cc([C@@H]2Nc3c(Br)cc4[nH]ncc4c3[C@H]3C4CCC(C4)[C@@H]23)ccc1F. The summed E-state index contributed by atoms with van der Waals surface area (Å²) >= 11 is 3.76. The van der Waals surface area contributed by atoms with Crippen molar-refractivity contribution in [1.29, 1.82) is 5.26 Å². The molecule has 2 unspecified atom stereocenters. The molecule has 140 valence electrons. The van der Waals surface area contributed by atoms with Crippen molar-refractivity contribution in [3.8, 4) is 6.07 Å². The number of anilines is 1. The van der Waals surface area contributed by atoms with Crippen LogP contribution in [-0.4, -0.2) is 10.2 Å². The monoisotopic (exact) mass is 436 g/mol. The fraction of sp³-hybridized carbons (Fsp3) is 0.364. The van der Waals surface area contributed by atoms with E-state index in [1.165, 1.54) is 36.3 Å². The molecule has 5 atom stereocenters. The molecule has 2 aromatic carbocycles. The predicted molar refractivity (Wildman–Crippen MR) is 108 cm³/mol. The summed E-state index contributed by atoms with van der Waals surface area (Å²) in [6.07, 6.45) is 5.73. The van der Waals surface area contributed by atoms with Crippen LogP contribution in [0.15, 0.2) is 34.9 Å². The minimum Gasteiger partial charge on any atom is -0.377 e. The highest BCUT2D eigenvalue weighted by Crippen LogP contribution is 2.65. The van der Waals surface area contributed by atoms with Crippen molar-refractivity contribution < 1.29 is 4.39 Å². The zero-order valence-electron chi connectivity index (χ0n) is 15.0. The van der Waals surface area contributed by atoms with Gasteiger partial charge in [-0.1, -0.05) is 6.07 Å². The Morgan fingerprint density at radius 1 is 1.21 bits per heavy atom. The quantitative estimate of drug-likeness (QED) is 0.519. The van der Waals surface area contributed by atoms with Crippen molar-refractivity contribution >= 4 is 32.5 Å². The highest BCUT2D eigenvalue weighted by molar-refractivity contribution is 9.10. The molecule has 6 heteroatoms. The number of hydrogen-bond acceptors (Lipinski definition) is 3. The van der Waals surface area contributed by atoms with Crippen molar-refractivity contribution in [2.75, 3.05) is 5.32 Å². The molecule has 1 aromatic heterocycles. The first-order valence-electron chi connectivity index (χ1n) is 9.77. The van der Waals surface area contributed by atoms with Gasteiger partial charge >= 0.3 is 0 Å². The highest BCUT2D eigenvalue weighted by atomic mass is 79.9. The summed E-state index contributed by atoms with van der Waals surface area (Å²) in [6.45, 7) is 0. The summed E-state index contributed by atoms with van der Waals surface area (Å²) in [4.78, 5) is 0. The second kappa shape index (κ2) is 5.81. The van der Waals surface area contributed by atoms with Crippen LogP contribution in [0.2, 0.25) is 0 Å². The van der Waals surface area contributed by atoms with Gasteiger partial charge in [-0.15, -0.1) is 0 Å². The topological polar surface area (TPSA) is 64.5 Å². The number of benzene rings is 2. The molecule has 0 radical (unpaired) electrons. The third-order valence-corrected chi connectivity index (χ3v) is 7.83. The number of halogens is 2. The molecule has 0 amide bonds. The second-order valence-corrected chi connectivity index (χ2v) is 9.24. The summed E-state index contributed by atoms with van der Waals surface area (Å²) in [5.41, 5.74) is 4.67. The van der Waals surface area contributed by atoms with Gasteiger partial charge in [0.1, 0.15) is 11.9 Å². The summed E-state index contributed by atoms with van der Waals surface area (Å²) in [5, 5.41) is 21.7. The highest BCUT2D eigenvalue weighted by Gasteiger charge is 2.54. The average Bonchev–Trinajstić information content (AvgIpc) is 3.44. The van der Waals surface area contributed by atoms with Crippen LogP contribution in [0.4, 0.5) is 10.1 Å². The van der Waals surface area contributed by atoms with Gasteiger partial charge in [0.05, 0.1) is 29.0 Å².